The SMILES string of the molecule is CCN(CCCCCCC(=O)O)c1c(C)cccc1C. The Bertz CT molecular complexity index is 409. The van der Waals surface area contributed by atoms with Gasteiger partial charge in [0.05, 0.1) is 0 Å². The van der Waals surface area contributed by atoms with Gasteiger partial charge in [-0.05, 0) is 44.7 Å². The number of para-hydroxylation sites is 1. The largest absolute Gasteiger partial charge is 0.481 e. The van der Waals surface area contributed by atoms with Gasteiger partial charge in [0.15, 0.2) is 0 Å². The second kappa shape index (κ2) is 8.62. The molecule has 20 heavy (non-hydrogen) atoms. The van der Waals surface area contributed by atoms with E-state index < -0.39 is 5.97 Å². The first-order valence-electron chi connectivity index (χ1n) is 7.59. The zero-order valence-corrected chi connectivity index (χ0v) is 13.0. The summed E-state index contributed by atoms with van der Waals surface area (Å²) in [4.78, 5) is 12.9. The van der Waals surface area contributed by atoms with Crippen molar-refractivity contribution in [1.82, 2.24) is 0 Å². The minimum atomic E-state index is -0.685. The van der Waals surface area contributed by atoms with Crippen LogP contribution in [-0.2, 0) is 4.79 Å². The summed E-state index contributed by atoms with van der Waals surface area (Å²) >= 11 is 0. The molecule has 1 rings (SSSR count). The number of nitrogens with zero attached hydrogens (tertiary/aromatic N) is 1. The molecule has 0 aromatic heterocycles. The molecule has 0 aliphatic rings. The zero-order chi connectivity index (χ0) is 15.0. The Morgan fingerprint density at radius 2 is 1.70 bits per heavy atom. The molecule has 0 unspecified atom stereocenters. The third kappa shape index (κ3) is 5.24. The van der Waals surface area contributed by atoms with Crippen LogP contribution in [-0.4, -0.2) is 24.2 Å². The van der Waals surface area contributed by atoms with Gasteiger partial charge < -0.3 is 10.0 Å². The highest BCUT2D eigenvalue weighted by Crippen LogP contribution is 2.24. The van der Waals surface area contributed by atoms with Gasteiger partial charge in [0, 0.05) is 25.2 Å². The van der Waals surface area contributed by atoms with Gasteiger partial charge in [-0.2, -0.15) is 0 Å². The van der Waals surface area contributed by atoms with Crippen LogP contribution in [0, 0.1) is 13.8 Å². The van der Waals surface area contributed by atoms with Gasteiger partial charge in [0.1, 0.15) is 0 Å². The molecule has 0 radical (unpaired) electrons. The number of carboxylic acids is 1. The van der Waals surface area contributed by atoms with E-state index in [1.165, 1.54) is 16.8 Å². The van der Waals surface area contributed by atoms with Gasteiger partial charge in [0.2, 0.25) is 0 Å². The number of carbonyl (C=O) groups is 1. The lowest BCUT2D eigenvalue weighted by Crippen LogP contribution is -2.25. The summed E-state index contributed by atoms with van der Waals surface area (Å²) in [5, 5.41) is 8.60. The average Bonchev–Trinajstić information content (AvgIpc) is 2.39. The van der Waals surface area contributed by atoms with Crippen molar-refractivity contribution in [3.8, 4) is 0 Å². The Kier molecular flexibility index (Phi) is 7.13. The van der Waals surface area contributed by atoms with Crippen molar-refractivity contribution in [3.63, 3.8) is 0 Å². The third-order valence-electron chi connectivity index (χ3n) is 3.71. The van der Waals surface area contributed by atoms with Crippen LogP contribution in [0.25, 0.3) is 0 Å². The van der Waals surface area contributed by atoms with Gasteiger partial charge in [-0.3, -0.25) is 4.79 Å². The van der Waals surface area contributed by atoms with Crippen molar-refractivity contribution in [2.24, 2.45) is 0 Å². The van der Waals surface area contributed by atoms with Crippen LogP contribution in [0.15, 0.2) is 18.2 Å². The lowest BCUT2D eigenvalue weighted by molar-refractivity contribution is -0.137. The van der Waals surface area contributed by atoms with E-state index >= 15 is 0 Å². The number of rotatable bonds is 9. The maximum absolute atomic E-state index is 10.4. The van der Waals surface area contributed by atoms with Crippen molar-refractivity contribution in [2.45, 2.75) is 52.9 Å². The molecule has 0 heterocycles. The van der Waals surface area contributed by atoms with Gasteiger partial charge in [-0.25, -0.2) is 0 Å². The Balaban J connectivity index is 2.42. The second-order valence-corrected chi connectivity index (χ2v) is 5.38. The van der Waals surface area contributed by atoms with Gasteiger partial charge in [-0.15, -0.1) is 0 Å². The van der Waals surface area contributed by atoms with E-state index in [9.17, 15) is 4.79 Å². The number of aryl methyl sites for hydroxylation is 2. The van der Waals surface area contributed by atoms with Crippen LogP contribution in [0.4, 0.5) is 5.69 Å². The number of hydrogen-bond acceptors (Lipinski definition) is 2. The smallest absolute Gasteiger partial charge is 0.303 e. The molecule has 0 atom stereocenters. The molecule has 1 aromatic carbocycles. The molecule has 3 nitrogen and oxygen atoms in total. The van der Waals surface area contributed by atoms with Crippen LogP contribution >= 0.6 is 0 Å². The first kappa shape index (κ1) is 16.5. The van der Waals surface area contributed by atoms with Gasteiger partial charge in [-0.1, -0.05) is 31.0 Å². The first-order valence-corrected chi connectivity index (χ1v) is 7.59. The van der Waals surface area contributed by atoms with E-state index in [1.54, 1.807) is 0 Å². The fraction of sp³-hybridized carbons (Fsp3) is 0.588. The number of aliphatic carboxylic acids is 1. The summed E-state index contributed by atoms with van der Waals surface area (Å²) in [7, 11) is 0. The zero-order valence-electron chi connectivity index (χ0n) is 13.0. The highest BCUT2D eigenvalue weighted by molar-refractivity contribution is 5.66. The number of unbranched alkanes of at least 4 members (excludes halogenated alkanes) is 3. The predicted octanol–water partition coefficient (Wildman–Crippen LogP) is 4.16. The topological polar surface area (TPSA) is 40.5 Å². The fourth-order valence-corrected chi connectivity index (χ4v) is 2.66. The molecule has 0 saturated heterocycles. The average molecular weight is 277 g/mol. The molecule has 0 saturated carbocycles. The maximum Gasteiger partial charge on any atom is 0.303 e. The van der Waals surface area contributed by atoms with Crippen LogP contribution in [0.5, 0.6) is 0 Å². The number of hydrogen-bond donors (Lipinski definition) is 1. The summed E-state index contributed by atoms with van der Waals surface area (Å²) in [6.45, 7) is 8.59. The Morgan fingerprint density at radius 3 is 2.25 bits per heavy atom. The molecule has 0 aliphatic carbocycles. The Morgan fingerprint density at radius 1 is 1.10 bits per heavy atom. The Labute approximate surface area is 122 Å². The monoisotopic (exact) mass is 277 g/mol. The minimum Gasteiger partial charge on any atom is -0.481 e. The molecular weight excluding hydrogens is 250 g/mol. The predicted molar refractivity (Wildman–Crippen MR) is 84.5 cm³/mol. The summed E-state index contributed by atoms with van der Waals surface area (Å²) < 4.78 is 0. The quantitative estimate of drug-likeness (QED) is 0.689. The fourth-order valence-electron chi connectivity index (χ4n) is 2.66. The standard InChI is InChI=1S/C17H27NO2/c1-4-18(13-8-6-5-7-12-16(19)20)17-14(2)10-9-11-15(17)3/h9-11H,4-8,12-13H2,1-3H3,(H,19,20). The third-order valence-corrected chi connectivity index (χ3v) is 3.71. The highest BCUT2D eigenvalue weighted by atomic mass is 16.4. The van der Waals surface area contributed by atoms with Crippen molar-refractivity contribution >= 4 is 11.7 Å². The van der Waals surface area contributed by atoms with E-state index in [1.807, 2.05) is 0 Å². The lowest BCUT2D eigenvalue weighted by atomic mass is 10.1. The second-order valence-electron chi connectivity index (χ2n) is 5.38. The van der Waals surface area contributed by atoms with Gasteiger partial charge >= 0.3 is 5.97 Å². The molecule has 1 N–H and O–H groups in total. The first-order chi connectivity index (χ1) is 9.56. The lowest BCUT2D eigenvalue weighted by Gasteiger charge is -2.27. The highest BCUT2D eigenvalue weighted by Gasteiger charge is 2.09. The summed E-state index contributed by atoms with van der Waals surface area (Å²) in [5.74, 6) is -0.685. The molecule has 0 amide bonds. The van der Waals surface area contributed by atoms with E-state index in [-0.39, 0.29) is 0 Å². The summed E-state index contributed by atoms with van der Waals surface area (Å²) in [6.07, 6.45) is 4.34. The molecule has 0 bridgehead atoms. The van der Waals surface area contributed by atoms with Crippen molar-refractivity contribution in [3.05, 3.63) is 29.3 Å². The molecule has 0 fully saturated rings. The molecule has 0 aliphatic heterocycles. The van der Waals surface area contributed by atoms with Crippen LogP contribution in [0.1, 0.15) is 50.2 Å². The molecule has 112 valence electrons. The molecule has 1 aromatic rings. The van der Waals surface area contributed by atoms with E-state index in [0.29, 0.717) is 6.42 Å². The van der Waals surface area contributed by atoms with Crippen LogP contribution in [0.2, 0.25) is 0 Å². The molecule has 0 spiro atoms. The summed E-state index contributed by atoms with van der Waals surface area (Å²) in [5.41, 5.74) is 4.02. The molecular formula is C17H27NO2. The van der Waals surface area contributed by atoms with Crippen LogP contribution < -0.4 is 4.90 Å². The number of carboxylic acid groups (broad SMARTS) is 1. The van der Waals surface area contributed by atoms with E-state index in [2.05, 4.69) is 43.9 Å². The Hall–Kier alpha value is -1.51. The minimum absolute atomic E-state index is 0.300. The van der Waals surface area contributed by atoms with E-state index in [4.69, 9.17) is 5.11 Å². The van der Waals surface area contributed by atoms with Gasteiger partial charge in [0.25, 0.3) is 0 Å². The van der Waals surface area contributed by atoms with Crippen LogP contribution in [0.3, 0.4) is 0 Å². The molecule has 3 heteroatoms. The summed E-state index contributed by atoms with van der Waals surface area (Å²) in [6, 6.07) is 6.43. The van der Waals surface area contributed by atoms with Crippen molar-refractivity contribution in [2.75, 3.05) is 18.0 Å². The van der Waals surface area contributed by atoms with Crippen molar-refractivity contribution in [1.29, 1.82) is 0 Å². The number of benzene rings is 1. The number of anilines is 1. The maximum atomic E-state index is 10.4. The normalized spacial score (nSPS) is 10.6. The van der Waals surface area contributed by atoms with E-state index in [0.717, 1.165) is 38.8 Å². The van der Waals surface area contributed by atoms with Crippen molar-refractivity contribution < 1.29 is 9.90 Å².